The van der Waals surface area contributed by atoms with Gasteiger partial charge in [-0.3, -0.25) is 0 Å². The Hall–Kier alpha value is -0.340. The van der Waals surface area contributed by atoms with Gasteiger partial charge in [-0.1, -0.05) is 53.7 Å². The van der Waals surface area contributed by atoms with Crippen LogP contribution >= 0.6 is 0 Å². The van der Waals surface area contributed by atoms with Crippen molar-refractivity contribution >= 4 is 0 Å². The van der Waals surface area contributed by atoms with Crippen LogP contribution in [0.2, 0.25) is 0 Å². The summed E-state index contributed by atoms with van der Waals surface area (Å²) in [5.41, 5.74) is -0.292. The van der Waals surface area contributed by atoms with Gasteiger partial charge in [0.15, 0.2) is 0 Å². The highest BCUT2D eigenvalue weighted by atomic mass is 16.6. The molecule has 0 aliphatic carbocycles. The first-order valence-electron chi connectivity index (χ1n) is 8.46. The van der Waals surface area contributed by atoms with Crippen LogP contribution in [0.15, 0.2) is 12.2 Å². The van der Waals surface area contributed by atoms with E-state index in [9.17, 15) is 0 Å². The number of rotatable bonds is 4. The first-order valence-corrected chi connectivity index (χ1v) is 8.46. The summed E-state index contributed by atoms with van der Waals surface area (Å²) < 4.78 is 12.8. The summed E-state index contributed by atoms with van der Waals surface area (Å²) in [7, 11) is 0. The molecule has 0 bridgehead atoms. The second-order valence-corrected chi connectivity index (χ2v) is 10.4. The molecular formula is C20H40O2. The van der Waals surface area contributed by atoms with Gasteiger partial charge in [0, 0.05) is 0 Å². The fraction of sp³-hybridized carbons (Fsp3) is 0.900. The van der Waals surface area contributed by atoms with E-state index < -0.39 is 0 Å². The van der Waals surface area contributed by atoms with Gasteiger partial charge in [0.05, 0.1) is 17.3 Å². The lowest BCUT2D eigenvalue weighted by molar-refractivity contribution is -0.178. The molecule has 22 heavy (non-hydrogen) atoms. The van der Waals surface area contributed by atoms with Gasteiger partial charge in [0.2, 0.25) is 0 Å². The Morgan fingerprint density at radius 2 is 1.05 bits per heavy atom. The van der Waals surface area contributed by atoms with Gasteiger partial charge >= 0.3 is 0 Å². The summed E-state index contributed by atoms with van der Waals surface area (Å²) in [4.78, 5) is 0. The van der Waals surface area contributed by atoms with Gasteiger partial charge in [-0.05, 0) is 52.4 Å². The summed E-state index contributed by atoms with van der Waals surface area (Å²) in [6, 6.07) is 0. The van der Waals surface area contributed by atoms with E-state index in [1.54, 1.807) is 0 Å². The maximum absolute atomic E-state index is 6.40. The Labute approximate surface area is 139 Å². The van der Waals surface area contributed by atoms with Gasteiger partial charge in [-0.25, -0.2) is 0 Å². The largest absolute Gasteiger partial charge is 0.369 e. The van der Waals surface area contributed by atoms with Crippen LogP contribution in [-0.4, -0.2) is 23.4 Å². The Morgan fingerprint density at radius 3 is 1.32 bits per heavy atom. The molecule has 2 nitrogen and oxygen atoms in total. The van der Waals surface area contributed by atoms with E-state index in [1.165, 1.54) is 0 Å². The molecule has 0 N–H and O–H groups in total. The highest BCUT2D eigenvalue weighted by Gasteiger charge is 2.37. The molecule has 2 unspecified atom stereocenters. The van der Waals surface area contributed by atoms with Crippen molar-refractivity contribution in [3.63, 3.8) is 0 Å². The normalized spacial score (nSPS) is 17.8. The van der Waals surface area contributed by atoms with Crippen molar-refractivity contribution in [2.75, 3.05) is 0 Å². The molecule has 0 amide bonds. The van der Waals surface area contributed by atoms with Crippen LogP contribution in [0.4, 0.5) is 0 Å². The van der Waals surface area contributed by atoms with Crippen LogP contribution in [0.25, 0.3) is 0 Å². The van der Waals surface area contributed by atoms with Crippen LogP contribution in [0, 0.1) is 10.8 Å². The van der Waals surface area contributed by atoms with Gasteiger partial charge in [0.1, 0.15) is 6.10 Å². The molecule has 0 aromatic heterocycles. The van der Waals surface area contributed by atoms with E-state index in [1.807, 2.05) is 0 Å². The first kappa shape index (κ1) is 21.7. The minimum Gasteiger partial charge on any atom is -0.369 e. The minimum atomic E-state index is -0.211. The zero-order valence-electron chi connectivity index (χ0n) is 17.1. The quantitative estimate of drug-likeness (QED) is 0.592. The fourth-order valence-corrected chi connectivity index (χ4v) is 2.11. The second-order valence-electron chi connectivity index (χ2n) is 10.4. The Morgan fingerprint density at radius 1 is 0.636 bits per heavy atom. The number of ether oxygens (including phenoxy) is 2. The van der Waals surface area contributed by atoms with Crippen LogP contribution < -0.4 is 0 Å². The molecule has 0 radical (unpaired) electrons. The molecule has 132 valence electrons. The molecule has 0 aliphatic rings. The van der Waals surface area contributed by atoms with Crippen molar-refractivity contribution in [3.8, 4) is 0 Å². The molecule has 0 fully saturated rings. The number of hydrogen-bond acceptors (Lipinski definition) is 2. The van der Waals surface area contributed by atoms with Crippen molar-refractivity contribution in [1.29, 1.82) is 0 Å². The van der Waals surface area contributed by atoms with Gasteiger partial charge in [-0.15, -0.1) is 0 Å². The lowest BCUT2D eigenvalue weighted by Gasteiger charge is -2.42. The topological polar surface area (TPSA) is 18.5 Å². The first-order chi connectivity index (χ1) is 9.41. The third-order valence-corrected chi connectivity index (χ3v) is 2.91. The van der Waals surface area contributed by atoms with E-state index in [0.29, 0.717) is 0 Å². The predicted molar refractivity (Wildman–Crippen MR) is 97.3 cm³/mol. The number of hydrogen-bond donors (Lipinski definition) is 0. The van der Waals surface area contributed by atoms with Crippen molar-refractivity contribution in [3.05, 3.63) is 12.2 Å². The summed E-state index contributed by atoms with van der Waals surface area (Å²) in [5.74, 6) is 0. The highest BCUT2D eigenvalue weighted by Crippen LogP contribution is 2.33. The SMILES string of the molecule is CC(C)(C)/C=C/C(OC(C)(C)C)C(OC(C)(C)C)C(C)(C)C. The average molecular weight is 313 g/mol. The summed E-state index contributed by atoms with van der Waals surface area (Å²) >= 11 is 0. The lowest BCUT2D eigenvalue weighted by atomic mass is 9.83. The Bertz CT molecular complexity index is 353. The lowest BCUT2D eigenvalue weighted by Crippen LogP contribution is -2.47. The third kappa shape index (κ3) is 10.4. The highest BCUT2D eigenvalue weighted by molar-refractivity contribution is 5.03. The second kappa shape index (κ2) is 7.05. The van der Waals surface area contributed by atoms with Crippen LogP contribution in [0.3, 0.4) is 0 Å². The fourth-order valence-electron chi connectivity index (χ4n) is 2.11. The van der Waals surface area contributed by atoms with Crippen molar-refractivity contribution in [2.24, 2.45) is 10.8 Å². The standard InChI is InChI=1S/C20H40O2/c1-17(2,3)14-13-15(21-19(7,8)9)16(18(4,5)6)22-20(10,11)12/h13-16H,1-12H3/b14-13+. The Kier molecular flexibility index (Phi) is 6.94. The van der Waals surface area contributed by atoms with Crippen molar-refractivity contribution in [1.82, 2.24) is 0 Å². The van der Waals surface area contributed by atoms with Crippen molar-refractivity contribution in [2.45, 2.75) is 106 Å². The zero-order chi connectivity index (χ0) is 18.0. The van der Waals surface area contributed by atoms with E-state index >= 15 is 0 Å². The maximum atomic E-state index is 6.40. The molecule has 2 heteroatoms. The van der Waals surface area contributed by atoms with E-state index in [0.717, 1.165) is 0 Å². The zero-order valence-corrected chi connectivity index (χ0v) is 17.1. The molecule has 0 rings (SSSR count). The molecule has 0 aliphatic heterocycles. The van der Waals surface area contributed by atoms with Crippen LogP contribution in [-0.2, 0) is 9.47 Å². The molecule has 0 heterocycles. The van der Waals surface area contributed by atoms with E-state index in [2.05, 4.69) is 95.2 Å². The van der Waals surface area contributed by atoms with Crippen LogP contribution in [0.1, 0.15) is 83.1 Å². The predicted octanol–water partition coefficient (Wildman–Crippen LogP) is 6.00. The molecule has 0 saturated heterocycles. The smallest absolute Gasteiger partial charge is 0.103 e. The average Bonchev–Trinajstić information content (AvgIpc) is 2.15. The molecule has 2 atom stereocenters. The maximum Gasteiger partial charge on any atom is 0.103 e. The summed E-state index contributed by atoms with van der Waals surface area (Å²) in [6.07, 6.45) is 4.34. The molecule has 0 aromatic rings. The Balaban J connectivity index is 5.60. The third-order valence-electron chi connectivity index (χ3n) is 2.91. The summed E-state index contributed by atoms with van der Waals surface area (Å²) in [5, 5.41) is 0. The molecule has 0 spiro atoms. The monoisotopic (exact) mass is 312 g/mol. The van der Waals surface area contributed by atoms with E-state index in [4.69, 9.17) is 9.47 Å². The van der Waals surface area contributed by atoms with Crippen LogP contribution in [0.5, 0.6) is 0 Å². The molecular weight excluding hydrogens is 272 g/mol. The van der Waals surface area contributed by atoms with Crippen molar-refractivity contribution < 1.29 is 9.47 Å². The summed E-state index contributed by atoms with van der Waals surface area (Å²) in [6.45, 7) is 25.9. The number of allylic oxidation sites excluding steroid dienone is 1. The van der Waals surface area contributed by atoms with E-state index in [-0.39, 0.29) is 34.2 Å². The van der Waals surface area contributed by atoms with Gasteiger partial charge in [-0.2, -0.15) is 0 Å². The van der Waals surface area contributed by atoms with Gasteiger partial charge in [0.25, 0.3) is 0 Å². The molecule has 0 saturated carbocycles. The molecule has 0 aromatic carbocycles. The van der Waals surface area contributed by atoms with Gasteiger partial charge < -0.3 is 9.47 Å². The minimum absolute atomic E-state index is 0.00851.